The van der Waals surface area contributed by atoms with E-state index in [2.05, 4.69) is 54.4 Å². The lowest BCUT2D eigenvalue weighted by Crippen LogP contribution is -2.33. The van der Waals surface area contributed by atoms with Gasteiger partial charge in [-0.3, -0.25) is 0 Å². The molecule has 0 fully saturated rings. The van der Waals surface area contributed by atoms with E-state index in [-0.39, 0.29) is 12.3 Å². The van der Waals surface area contributed by atoms with Crippen molar-refractivity contribution in [2.75, 3.05) is 13.7 Å². The summed E-state index contributed by atoms with van der Waals surface area (Å²) in [6.07, 6.45) is 1.51. The molecular weight excluding hydrogens is 388 g/mol. The van der Waals surface area contributed by atoms with Crippen LogP contribution in [0.25, 0.3) is 0 Å². The molecule has 31 heavy (non-hydrogen) atoms. The first-order chi connectivity index (χ1) is 15.3. The first kappa shape index (κ1) is 19.5. The van der Waals surface area contributed by atoms with Gasteiger partial charge in [0.25, 0.3) is 0 Å². The molecule has 5 heteroatoms. The van der Waals surface area contributed by atoms with Crippen molar-refractivity contribution in [2.45, 2.75) is 32.0 Å². The summed E-state index contributed by atoms with van der Waals surface area (Å²) in [6, 6.07) is 24.6. The van der Waals surface area contributed by atoms with Crippen LogP contribution in [0.3, 0.4) is 0 Å². The van der Waals surface area contributed by atoms with E-state index in [0.717, 1.165) is 52.5 Å². The third-order valence-corrected chi connectivity index (χ3v) is 5.74. The minimum Gasteiger partial charge on any atom is -0.497 e. The molecular formula is C26H26N2O3. The maximum atomic E-state index is 6.46. The molecule has 0 spiro atoms. The summed E-state index contributed by atoms with van der Waals surface area (Å²) >= 11 is 0. The number of rotatable bonds is 6. The number of hydrogen-bond acceptors (Lipinski definition) is 5. The standard InChI is InChI=1S/C26H26N2O3/c1-3-15-30-20-11-9-19(10-12-20)26-28-24(17-23(27-28)18-7-5-4-6-8-18)22-16-21(29-2)13-14-25(22)31-26/h4-14,16,24,26H,3,15,17H2,1-2H3/t24-,26+/m0/s1. The van der Waals surface area contributed by atoms with Crippen molar-refractivity contribution in [1.82, 2.24) is 5.01 Å². The Bertz CT molecular complexity index is 1080. The van der Waals surface area contributed by atoms with E-state index in [9.17, 15) is 0 Å². The molecule has 0 aromatic heterocycles. The van der Waals surface area contributed by atoms with Crippen molar-refractivity contribution >= 4 is 5.71 Å². The summed E-state index contributed by atoms with van der Waals surface area (Å²) in [7, 11) is 1.69. The summed E-state index contributed by atoms with van der Waals surface area (Å²) in [5, 5.41) is 7.11. The lowest BCUT2D eigenvalue weighted by atomic mass is 9.95. The van der Waals surface area contributed by atoms with Crippen molar-refractivity contribution < 1.29 is 14.2 Å². The van der Waals surface area contributed by atoms with Gasteiger partial charge in [0.1, 0.15) is 17.2 Å². The molecule has 0 N–H and O–H groups in total. The predicted octanol–water partition coefficient (Wildman–Crippen LogP) is 5.73. The van der Waals surface area contributed by atoms with Crippen LogP contribution in [-0.4, -0.2) is 24.4 Å². The Balaban J connectivity index is 1.52. The van der Waals surface area contributed by atoms with Gasteiger partial charge in [0.05, 0.1) is 25.5 Å². The molecule has 3 aromatic carbocycles. The van der Waals surface area contributed by atoms with Crippen molar-refractivity contribution in [3.8, 4) is 17.2 Å². The number of hydrazone groups is 1. The van der Waals surface area contributed by atoms with Crippen LogP contribution in [0.15, 0.2) is 77.9 Å². The molecule has 0 aliphatic carbocycles. The van der Waals surface area contributed by atoms with Crippen molar-refractivity contribution in [3.05, 3.63) is 89.5 Å². The molecule has 0 saturated heterocycles. The van der Waals surface area contributed by atoms with Crippen LogP contribution in [0, 0.1) is 0 Å². The quantitative estimate of drug-likeness (QED) is 0.517. The third-order valence-electron chi connectivity index (χ3n) is 5.74. The monoisotopic (exact) mass is 414 g/mol. The first-order valence-corrected chi connectivity index (χ1v) is 10.8. The van der Waals surface area contributed by atoms with Crippen LogP contribution in [0.5, 0.6) is 17.2 Å². The van der Waals surface area contributed by atoms with Gasteiger partial charge in [-0.2, -0.15) is 5.10 Å². The second-order valence-corrected chi connectivity index (χ2v) is 7.80. The molecule has 0 radical (unpaired) electrons. The maximum absolute atomic E-state index is 6.46. The van der Waals surface area contributed by atoms with Gasteiger partial charge in [-0.05, 0) is 54.4 Å². The van der Waals surface area contributed by atoms with E-state index in [0.29, 0.717) is 6.61 Å². The lowest BCUT2D eigenvalue weighted by molar-refractivity contribution is -0.0191. The van der Waals surface area contributed by atoms with Crippen molar-refractivity contribution in [3.63, 3.8) is 0 Å². The highest BCUT2D eigenvalue weighted by Crippen LogP contribution is 2.48. The minimum atomic E-state index is -0.299. The van der Waals surface area contributed by atoms with E-state index in [1.54, 1.807) is 7.11 Å². The van der Waals surface area contributed by atoms with Gasteiger partial charge in [-0.25, -0.2) is 5.01 Å². The van der Waals surface area contributed by atoms with Crippen molar-refractivity contribution in [1.29, 1.82) is 0 Å². The van der Waals surface area contributed by atoms with E-state index in [1.165, 1.54) is 0 Å². The third kappa shape index (κ3) is 3.72. The molecule has 0 amide bonds. The smallest absolute Gasteiger partial charge is 0.213 e. The van der Waals surface area contributed by atoms with Gasteiger partial charge in [0, 0.05) is 17.5 Å². The molecule has 0 unspecified atom stereocenters. The summed E-state index contributed by atoms with van der Waals surface area (Å²) in [4.78, 5) is 0. The largest absolute Gasteiger partial charge is 0.497 e. The zero-order valence-electron chi connectivity index (χ0n) is 17.8. The van der Waals surface area contributed by atoms with Crippen LogP contribution in [0.2, 0.25) is 0 Å². The van der Waals surface area contributed by atoms with Crippen LogP contribution in [-0.2, 0) is 0 Å². The van der Waals surface area contributed by atoms with Gasteiger partial charge >= 0.3 is 0 Å². The topological polar surface area (TPSA) is 43.3 Å². The Hall–Kier alpha value is -3.47. The fraction of sp³-hybridized carbons (Fsp3) is 0.269. The molecule has 2 heterocycles. The number of nitrogens with zero attached hydrogens (tertiary/aromatic N) is 2. The van der Waals surface area contributed by atoms with E-state index in [1.807, 2.05) is 30.3 Å². The summed E-state index contributed by atoms with van der Waals surface area (Å²) in [5.41, 5.74) is 4.36. The second kappa shape index (κ2) is 8.34. The highest BCUT2D eigenvalue weighted by Gasteiger charge is 2.41. The van der Waals surface area contributed by atoms with E-state index < -0.39 is 0 Å². The number of benzene rings is 3. The van der Waals surface area contributed by atoms with Crippen LogP contribution < -0.4 is 14.2 Å². The second-order valence-electron chi connectivity index (χ2n) is 7.80. The van der Waals surface area contributed by atoms with Crippen LogP contribution in [0.4, 0.5) is 0 Å². The summed E-state index contributed by atoms with van der Waals surface area (Å²) < 4.78 is 17.7. The zero-order valence-corrected chi connectivity index (χ0v) is 17.8. The molecule has 2 atom stereocenters. The van der Waals surface area contributed by atoms with Gasteiger partial charge < -0.3 is 14.2 Å². The van der Waals surface area contributed by atoms with Crippen molar-refractivity contribution in [2.24, 2.45) is 5.10 Å². The van der Waals surface area contributed by atoms with Crippen LogP contribution >= 0.6 is 0 Å². The molecule has 0 saturated carbocycles. The summed E-state index contributed by atoms with van der Waals surface area (Å²) in [5.74, 6) is 2.58. The number of ether oxygens (including phenoxy) is 3. The Morgan fingerprint density at radius 3 is 2.52 bits per heavy atom. The molecule has 0 bridgehead atoms. The molecule has 2 aliphatic rings. The Morgan fingerprint density at radius 1 is 1.00 bits per heavy atom. The molecule has 5 nitrogen and oxygen atoms in total. The Morgan fingerprint density at radius 2 is 1.77 bits per heavy atom. The highest BCUT2D eigenvalue weighted by molar-refractivity contribution is 6.01. The average molecular weight is 415 g/mol. The van der Waals surface area contributed by atoms with Gasteiger partial charge in [0.2, 0.25) is 6.23 Å². The van der Waals surface area contributed by atoms with Gasteiger partial charge in [-0.1, -0.05) is 37.3 Å². The SMILES string of the molecule is CCCOc1ccc([C@H]2Oc3ccc(OC)cc3[C@@H]3CC(c4ccccc4)=NN23)cc1. The summed E-state index contributed by atoms with van der Waals surface area (Å²) in [6.45, 7) is 2.82. The molecule has 3 aromatic rings. The Labute approximate surface area is 182 Å². The van der Waals surface area contributed by atoms with E-state index in [4.69, 9.17) is 19.3 Å². The average Bonchev–Trinajstić information content (AvgIpc) is 3.29. The fourth-order valence-electron chi connectivity index (χ4n) is 4.17. The molecule has 2 aliphatic heterocycles. The van der Waals surface area contributed by atoms with E-state index >= 15 is 0 Å². The fourth-order valence-corrected chi connectivity index (χ4v) is 4.17. The van der Waals surface area contributed by atoms with Crippen LogP contribution in [0.1, 0.15) is 48.7 Å². The number of hydrogen-bond donors (Lipinski definition) is 0. The highest BCUT2D eigenvalue weighted by atomic mass is 16.5. The predicted molar refractivity (Wildman–Crippen MR) is 121 cm³/mol. The number of methoxy groups -OCH3 is 1. The van der Waals surface area contributed by atoms with Gasteiger partial charge in [0.15, 0.2) is 0 Å². The minimum absolute atomic E-state index is 0.0927. The molecule has 158 valence electrons. The van der Waals surface area contributed by atoms with Gasteiger partial charge in [-0.15, -0.1) is 0 Å². The maximum Gasteiger partial charge on any atom is 0.213 e. The zero-order chi connectivity index (χ0) is 21.2. The molecule has 5 rings (SSSR count). The normalized spacial score (nSPS) is 19.2. The Kier molecular flexibility index (Phi) is 5.24. The number of fused-ring (bicyclic) bond motifs is 3. The first-order valence-electron chi connectivity index (χ1n) is 10.8. The lowest BCUT2D eigenvalue weighted by Gasteiger charge is -2.38.